The zero-order valence-corrected chi connectivity index (χ0v) is 27.5. The standard InChI is InChI=1S/C32H40N6O5S2/c1-32(2,3)23-13-9-21(10-14-23)27-26(38-31(34-4)44-27)30(41)37-25(19-20-7-5-6-8-20)29(40)35-17-18-36-45(42,43)24-15-11-22(12-16-24)28(33)39/h9-16,19-20,36H,5-8,17-18H2,1-4H3,(H2,33,39)(H,34,38)(H,35,40)(H,37,41)/b25-19+. The van der Waals surface area contributed by atoms with Crippen LogP contribution in [0.2, 0.25) is 0 Å². The van der Waals surface area contributed by atoms with E-state index < -0.39 is 27.7 Å². The van der Waals surface area contributed by atoms with E-state index in [2.05, 4.69) is 46.4 Å². The number of primary amides is 1. The number of hydrogen-bond acceptors (Lipinski definition) is 8. The first-order valence-corrected chi connectivity index (χ1v) is 17.1. The fourth-order valence-electron chi connectivity index (χ4n) is 4.95. The minimum Gasteiger partial charge on any atom is -0.366 e. The Morgan fingerprint density at radius 2 is 1.64 bits per heavy atom. The monoisotopic (exact) mass is 652 g/mol. The molecule has 6 N–H and O–H groups in total. The smallest absolute Gasteiger partial charge is 0.276 e. The molecule has 1 aliphatic carbocycles. The van der Waals surface area contributed by atoms with Gasteiger partial charge in [-0.15, -0.1) is 0 Å². The molecule has 4 rings (SSSR count). The average molecular weight is 653 g/mol. The van der Waals surface area contributed by atoms with E-state index in [1.54, 1.807) is 13.1 Å². The van der Waals surface area contributed by atoms with Crippen molar-refractivity contribution in [2.75, 3.05) is 25.5 Å². The van der Waals surface area contributed by atoms with Gasteiger partial charge in [0.05, 0.1) is 9.77 Å². The molecule has 0 saturated heterocycles. The first-order valence-electron chi connectivity index (χ1n) is 14.8. The van der Waals surface area contributed by atoms with Crippen molar-refractivity contribution in [3.63, 3.8) is 0 Å². The highest BCUT2D eigenvalue weighted by atomic mass is 32.2. The molecule has 3 amide bonds. The second kappa shape index (κ2) is 14.4. The number of nitrogens with one attached hydrogen (secondary N) is 4. The van der Waals surface area contributed by atoms with E-state index in [1.807, 2.05) is 24.3 Å². The van der Waals surface area contributed by atoms with Gasteiger partial charge in [0.25, 0.3) is 11.8 Å². The SMILES string of the molecule is CNc1nc(C(=O)N/C(=C/C2CCCC2)C(=O)NCCNS(=O)(=O)c2ccc(C(N)=O)cc2)c(-c2ccc(C(C)(C)C)cc2)s1. The Morgan fingerprint density at radius 3 is 2.22 bits per heavy atom. The molecule has 0 atom stereocenters. The summed E-state index contributed by atoms with van der Waals surface area (Å²) in [4.78, 5) is 43.3. The van der Waals surface area contributed by atoms with Crippen LogP contribution in [0.5, 0.6) is 0 Å². The van der Waals surface area contributed by atoms with Crippen LogP contribution in [0.4, 0.5) is 5.13 Å². The van der Waals surface area contributed by atoms with Crippen LogP contribution < -0.4 is 26.4 Å². The van der Waals surface area contributed by atoms with Gasteiger partial charge in [0.15, 0.2) is 5.13 Å². The number of nitrogens with zero attached hydrogens (tertiary/aromatic N) is 1. The van der Waals surface area contributed by atoms with Crippen molar-refractivity contribution in [1.29, 1.82) is 0 Å². The van der Waals surface area contributed by atoms with E-state index in [4.69, 9.17) is 5.73 Å². The van der Waals surface area contributed by atoms with E-state index in [1.165, 1.54) is 35.6 Å². The second-order valence-electron chi connectivity index (χ2n) is 11.9. The normalized spacial score (nSPS) is 14.3. The Hall–Kier alpha value is -4.07. The summed E-state index contributed by atoms with van der Waals surface area (Å²) in [6.45, 7) is 6.28. The van der Waals surface area contributed by atoms with Gasteiger partial charge in [-0.05, 0) is 59.6 Å². The predicted molar refractivity (Wildman–Crippen MR) is 176 cm³/mol. The van der Waals surface area contributed by atoms with Gasteiger partial charge in [0, 0.05) is 25.7 Å². The molecule has 11 nitrogen and oxygen atoms in total. The number of benzene rings is 2. The quantitative estimate of drug-likeness (QED) is 0.144. The van der Waals surface area contributed by atoms with Gasteiger partial charge in [-0.1, -0.05) is 75.3 Å². The maximum Gasteiger partial charge on any atom is 0.276 e. The van der Waals surface area contributed by atoms with E-state index in [-0.39, 0.29) is 46.3 Å². The van der Waals surface area contributed by atoms with Crippen molar-refractivity contribution in [3.05, 3.63) is 77.1 Å². The summed E-state index contributed by atoms with van der Waals surface area (Å²) in [5.41, 5.74) is 7.70. The molecule has 0 bridgehead atoms. The molecule has 0 spiro atoms. The minimum absolute atomic E-state index is 0.0205. The summed E-state index contributed by atoms with van der Waals surface area (Å²) in [5, 5.41) is 9.07. The van der Waals surface area contributed by atoms with Gasteiger partial charge in [-0.2, -0.15) is 0 Å². The summed E-state index contributed by atoms with van der Waals surface area (Å²) in [7, 11) is -2.16. The molecule has 2 aromatic carbocycles. The topological polar surface area (TPSA) is 172 Å². The molecule has 1 aliphatic rings. The molecule has 1 heterocycles. The Bertz CT molecular complexity index is 1670. The van der Waals surface area contributed by atoms with Crippen LogP contribution in [0, 0.1) is 5.92 Å². The molecule has 240 valence electrons. The third kappa shape index (κ3) is 8.77. The van der Waals surface area contributed by atoms with Crippen LogP contribution >= 0.6 is 11.3 Å². The summed E-state index contributed by atoms with van der Waals surface area (Å²) in [6.07, 6.45) is 5.69. The summed E-state index contributed by atoms with van der Waals surface area (Å²) in [6, 6.07) is 13.2. The van der Waals surface area contributed by atoms with Gasteiger partial charge < -0.3 is 21.7 Å². The summed E-state index contributed by atoms with van der Waals surface area (Å²) in [5.74, 6) is -1.56. The van der Waals surface area contributed by atoms with E-state index >= 15 is 0 Å². The first kappa shape index (κ1) is 33.8. The van der Waals surface area contributed by atoms with Crippen LogP contribution in [0.3, 0.4) is 0 Å². The maximum absolute atomic E-state index is 13.6. The Labute approximate surface area is 268 Å². The van der Waals surface area contributed by atoms with Gasteiger partial charge in [-0.3, -0.25) is 14.4 Å². The number of anilines is 1. The van der Waals surface area contributed by atoms with Gasteiger partial charge in [0.2, 0.25) is 15.9 Å². The molecular formula is C32H40N6O5S2. The van der Waals surface area contributed by atoms with E-state index in [0.29, 0.717) is 10.0 Å². The molecule has 0 aliphatic heterocycles. The first-order chi connectivity index (χ1) is 21.3. The van der Waals surface area contributed by atoms with Crippen LogP contribution in [-0.2, 0) is 20.2 Å². The van der Waals surface area contributed by atoms with E-state index in [9.17, 15) is 22.8 Å². The molecule has 1 fully saturated rings. The van der Waals surface area contributed by atoms with Crippen molar-refractivity contribution in [1.82, 2.24) is 20.3 Å². The van der Waals surface area contributed by atoms with Gasteiger partial charge >= 0.3 is 0 Å². The number of nitrogens with two attached hydrogens (primary N) is 1. The fourth-order valence-corrected chi connectivity index (χ4v) is 6.91. The molecule has 3 aromatic rings. The highest BCUT2D eigenvalue weighted by molar-refractivity contribution is 7.89. The predicted octanol–water partition coefficient (Wildman–Crippen LogP) is 4.15. The summed E-state index contributed by atoms with van der Waals surface area (Å²) >= 11 is 1.35. The Kier molecular flexibility index (Phi) is 10.8. The van der Waals surface area contributed by atoms with E-state index in [0.717, 1.165) is 36.8 Å². The minimum atomic E-state index is -3.89. The summed E-state index contributed by atoms with van der Waals surface area (Å²) < 4.78 is 27.7. The number of amides is 3. The number of allylic oxidation sites excluding steroid dienone is 1. The number of carbonyl (C=O) groups is 3. The highest BCUT2D eigenvalue weighted by Gasteiger charge is 2.24. The zero-order valence-electron chi connectivity index (χ0n) is 25.9. The highest BCUT2D eigenvalue weighted by Crippen LogP contribution is 2.35. The lowest BCUT2D eigenvalue weighted by atomic mass is 9.86. The van der Waals surface area contributed by atoms with Crippen molar-refractivity contribution in [3.8, 4) is 10.4 Å². The van der Waals surface area contributed by atoms with Crippen molar-refractivity contribution >= 4 is 44.2 Å². The largest absolute Gasteiger partial charge is 0.366 e. The Balaban J connectivity index is 1.46. The molecule has 0 unspecified atom stereocenters. The fraction of sp³-hybridized carbons (Fsp3) is 0.375. The Morgan fingerprint density at radius 1 is 1.00 bits per heavy atom. The molecule has 1 saturated carbocycles. The van der Waals surface area contributed by atoms with Gasteiger partial charge in [0.1, 0.15) is 11.4 Å². The molecule has 0 radical (unpaired) electrons. The number of hydrogen-bond donors (Lipinski definition) is 5. The van der Waals surface area contributed by atoms with Crippen molar-refractivity contribution in [2.24, 2.45) is 11.7 Å². The maximum atomic E-state index is 13.6. The average Bonchev–Trinajstić information content (AvgIpc) is 3.69. The second-order valence-corrected chi connectivity index (χ2v) is 14.7. The number of aromatic nitrogens is 1. The third-order valence-corrected chi connectivity index (χ3v) is 10.1. The molecular weight excluding hydrogens is 613 g/mol. The van der Waals surface area contributed by atoms with Crippen LogP contribution in [0.25, 0.3) is 10.4 Å². The molecule has 1 aromatic heterocycles. The molecule has 13 heteroatoms. The van der Waals surface area contributed by atoms with Crippen molar-refractivity contribution in [2.45, 2.75) is 56.8 Å². The van der Waals surface area contributed by atoms with Crippen LogP contribution in [-0.4, -0.2) is 51.3 Å². The lowest BCUT2D eigenvalue weighted by Crippen LogP contribution is -2.39. The van der Waals surface area contributed by atoms with Crippen LogP contribution in [0.15, 0.2) is 65.2 Å². The number of rotatable bonds is 12. The van der Waals surface area contributed by atoms with Crippen molar-refractivity contribution < 1.29 is 22.8 Å². The zero-order chi connectivity index (χ0) is 32.8. The lowest BCUT2D eigenvalue weighted by molar-refractivity contribution is -0.117. The lowest BCUT2D eigenvalue weighted by Gasteiger charge is -2.19. The number of carbonyl (C=O) groups excluding carboxylic acids is 3. The number of thiazole rings is 1. The third-order valence-electron chi connectivity index (χ3n) is 7.52. The van der Waals surface area contributed by atoms with Gasteiger partial charge in [-0.25, -0.2) is 18.1 Å². The number of sulfonamides is 1. The van der Waals surface area contributed by atoms with Crippen LogP contribution in [0.1, 0.15) is 72.9 Å². The molecule has 45 heavy (non-hydrogen) atoms.